The highest BCUT2D eigenvalue weighted by atomic mass is 16.5. The number of aliphatic carboxylic acids is 1. The average molecular weight is 500 g/mol. The Morgan fingerprint density at radius 3 is 1.40 bits per heavy atom. The Labute approximate surface area is 211 Å². The minimum Gasteiger partial charge on any atom is -0.481 e. The maximum atomic E-state index is 11.8. The molecule has 0 unspecified atom stereocenters. The topological polar surface area (TPSA) is 131 Å². The normalized spacial score (nSPS) is 10.7. The lowest BCUT2D eigenvalue weighted by Gasteiger charge is -2.08. The average Bonchev–Trinajstić information content (AvgIpc) is 2.83. The first-order valence-electron chi connectivity index (χ1n) is 13.3. The minimum absolute atomic E-state index is 0.0659. The fourth-order valence-electron chi connectivity index (χ4n) is 3.52. The van der Waals surface area contributed by atoms with Crippen LogP contribution in [0.25, 0.3) is 0 Å². The summed E-state index contributed by atoms with van der Waals surface area (Å²) >= 11 is 0. The van der Waals surface area contributed by atoms with E-state index in [9.17, 15) is 19.2 Å². The molecule has 203 valence electrons. The Hall–Kier alpha value is -2.00. The molecule has 3 N–H and O–H groups in total. The maximum Gasteiger partial charge on any atom is 0.303 e. The van der Waals surface area contributed by atoms with Crippen molar-refractivity contribution in [3.05, 3.63) is 0 Å². The molecule has 35 heavy (non-hydrogen) atoms. The standard InChI is InChI=1S/C26H47N2O7/c29-19-13-15-25(31)28-18-21-35-23-22-34-20-17-27-24(30)14-11-9-7-5-3-1-2-4-6-8-10-12-16-26(32)33/h1-18,20-23H2,(H,27,30)(H,28,31)(H,32,33). The van der Waals surface area contributed by atoms with Gasteiger partial charge < -0.3 is 25.2 Å². The highest BCUT2D eigenvalue weighted by Gasteiger charge is 2.02. The molecule has 0 rings (SSSR count). The summed E-state index contributed by atoms with van der Waals surface area (Å²) in [6.07, 6.45) is 16.4. The predicted molar refractivity (Wildman–Crippen MR) is 135 cm³/mol. The number of ether oxygens (including phenoxy) is 2. The molecule has 0 aliphatic carbocycles. The van der Waals surface area contributed by atoms with E-state index in [4.69, 9.17) is 14.6 Å². The molecule has 0 heterocycles. The summed E-state index contributed by atoms with van der Waals surface area (Å²) in [5, 5.41) is 14.1. The number of nitrogens with one attached hydrogen (secondary N) is 2. The van der Waals surface area contributed by atoms with Crippen LogP contribution in [0.5, 0.6) is 0 Å². The molecule has 0 aliphatic heterocycles. The van der Waals surface area contributed by atoms with Gasteiger partial charge in [-0.1, -0.05) is 64.2 Å². The second-order valence-corrected chi connectivity index (χ2v) is 8.71. The van der Waals surface area contributed by atoms with E-state index in [1.54, 1.807) is 6.29 Å². The van der Waals surface area contributed by atoms with Crippen LogP contribution in [0.15, 0.2) is 0 Å². The van der Waals surface area contributed by atoms with Crippen molar-refractivity contribution >= 4 is 24.1 Å². The molecule has 0 saturated carbocycles. The van der Waals surface area contributed by atoms with Gasteiger partial charge in [0.1, 0.15) is 0 Å². The molecule has 0 bridgehead atoms. The van der Waals surface area contributed by atoms with Gasteiger partial charge in [-0.25, -0.2) is 0 Å². The predicted octanol–water partition coefficient (Wildman–Crippen LogP) is 3.69. The highest BCUT2D eigenvalue weighted by molar-refractivity contribution is 5.78. The van der Waals surface area contributed by atoms with Crippen molar-refractivity contribution in [3.8, 4) is 0 Å². The van der Waals surface area contributed by atoms with Crippen molar-refractivity contribution in [1.82, 2.24) is 10.6 Å². The van der Waals surface area contributed by atoms with Crippen molar-refractivity contribution in [2.45, 2.75) is 103 Å². The third-order valence-electron chi connectivity index (χ3n) is 5.51. The lowest BCUT2D eigenvalue weighted by Crippen LogP contribution is -2.28. The van der Waals surface area contributed by atoms with Gasteiger partial charge in [0.2, 0.25) is 11.8 Å². The summed E-state index contributed by atoms with van der Waals surface area (Å²) in [4.78, 5) is 43.6. The molecule has 0 aromatic carbocycles. The number of unbranched alkanes of at least 4 members (excludes halogenated alkanes) is 11. The summed E-state index contributed by atoms with van der Waals surface area (Å²) in [5.74, 6) is -0.814. The second kappa shape index (κ2) is 26.6. The molecule has 0 spiro atoms. The number of hydrogen-bond donors (Lipinski definition) is 3. The van der Waals surface area contributed by atoms with E-state index in [0.29, 0.717) is 52.4 Å². The summed E-state index contributed by atoms with van der Waals surface area (Å²) in [7, 11) is 0. The monoisotopic (exact) mass is 499 g/mol. The molecule has 9 heteroatoms. The van der Waals surface area contributed by atoms with Crippen LogP contribution in [-0.2, 0) is 28.7 Å². The van der Waals surface area contributed by atoms with E-state index < -0.39 is 5.97 Å². The summed E-state index contributed by atoms with van der Waals surface area (Å²) in [5.41, 5.74) is 0. The van der Waals surface area contributed by atoms with Crippen molar-refractivity contribution < 1.29 is 33.8 Å². The van der Waals surface area contributed by atoms with Crippen LogP contribution in [0.4, 0.5) is 0 Å². The van der Waals surface area contributed by atoms with E-state index in [1.807, 2.05) is 0 Å². The van der Waals surface area contributed by atoms with Gasteiger partial charge in [0.15, 0.2) is 6.29 Å². The van der Waals surface area contributed by atoms with Gasteiger partial charge in [-0.3, -0.25) is 19.2 Å². The Morgan fingerprint density at radius 1 is 0.571 bits per heavy atom. The number of carboxylic acid groups (broad SMARTS) is 1. The molecule has 9 nitrogen and oxygen atoms in total. The lowest BCUT2D eigenvalue weighted by molar-refractivity contribution is -0.137. The SMILES string of the molecule is O=[C]CCC(=O)NCCOCCOCCNC(=O)CCCCCCCCCCCCCCC(=O)O. The van der Waals surface area contributed by atoms with E-state index >= 15 is 0 Å². The van der Waals surface area contributed by atoms with Gasteiger partial charge in [0.25, 0.3) is 0 Å². The lowest BCUT2D eigenvalue weighted by atomic mass is 10.0. The Balaban J connectivity index is 3.22. The van der Waals surface area contributed by atoms with E-state index in [2.05, 4.69) is 10.6 Å². The maximum absolute atomic E-state index is 11.8. The zero-order valence-electron chi connectivity index (χ0n) is 21.5. The molecular weight excluding hydrogens is 452 g/mol. The molecule has 0 fully saturated rings. The van der Waals surface area contributed by atoms with Gasteiger partial charge in [-0.05, 0) is 12.8 Å². The molecule has 0 atom stereocenters. The fraction of sp³-hybridized carbons (Fsp3) is 0.846. The van der Waals surface area contributed by atoms with Crippen molar-refractivity contribution in [2.24, 2.45) is 0 Å². The quantitative estimate of drug-likeness (QED) is 0.147. The van der Waals surface area contributed by atoms with E-state index in [-0.39, 0.29) is 24.7 Å². The highest BCUT2D eigenvalue weighted by Crippen LogP contribution is 2.13. The van der Waals surface area contributed by atoms with Crippen molar-refractivity contribution in [3.63, 3.8) is 0 Å². The number of carbonyl (C=O) groups excluding carboxylic acids is 3. The fourth-order valence-corrected chi connectivity index (χ4v) is 3.52. The first-order valence-corrected chi connectivity index (χ1v) is 13.3. The number of carbonyl (C=O) groups is 3. The van der Waals surface area contributed by atoms with Crippen LogP contribution in [0.1, 0.15) is 103 Å². The van der Waals surface area contributed by atoms with Gasteiger partial charge in [-0.2, -0.15) is 0 Å². The molecule has 2 amide bonds. The molecular formula is C26H47N2O7. The largest absolute Gasteiger partial charge is 0.481 e. The zero-order valence-corrected chi connectivity index (χ0v) is 21.5. The van der Waals surface area contributed by atoms with Crippen LogP contribution in [-0.4, -0.2) is 68.7 Å². The van der Waals surface area contributed by atoms with Crippen LogP contribution >= 0.6 is 0 Å². The number of amides is 2. The smallest absolute Gasteiger partial charge is 0.303 e. The number of hydrogen-bond acceptors (Lipinski definition) is 6. The summed E-state index contributed by atoms with van der Waals surface area (Å²) < 4.78 is 10.7. The molecule has 0 aliphatic rings. The van der Waals surface area contributed by atoms with E-state index in [1.165, 1.54) is 44.9 Å². The van der Waals surface area contributed by atoms with Crippen molar-refractivity contribution in [2.75, 3.05) is 39.5 Å². The van der Waals surface area contributed by atoms with Crippen LogP contribution in [0.3, 0.4) is 0 Å². The third-order valence-corrected chi connectivity index (χ3v) is 5.51. The Morgan fingerprint density at radius 2 is 0.971 bits per heavy atom. The van der Waals surface area contributed by atoms with Gasteiger partial charge in [-0.15, -0.1) is 0 Å². The van der Waals surface area contributed by atoms with Crippen LogP contribution in [0, 0.1) is 0 Å². The molecule has 0 aromatic heterocycles. The van der Waals surface area contributed by atoms with Gasteiger partial charge in [0, 0.05) is 38.8 Å². The Kier molecular flexibility index (Phi) is 25.1. The zero-order chi connectivity index (χ0) is 25.8. The van der Waals surface area contributed by atoms with Gasteiger partial charge >= 0.3 is 5.97 Å². The second-order valence-electron chi connectivity index (χ2n) is 8.71. The number of carboxylic acids is 1. The van der Waals surface area contributed by atoms with Crippen molar-refractivity contribution in [1.29, 1.82) is 0 Å². The summed E-state index contributed by atoms with van der Waals surface area (Å²) in [6.45, 7) is 2.55. The molecule has 0 aromatic rings. The molecule has 0 saturated heterocycles. The first-order chi connectivity index (χ1) is 17.1. The minimum atomic E-state index is -0.694. The van der Waals surface area contributed by atoms with Crippen LogP contribution < -0.4 is 10.6 Å². The Bertz CT molecular complexity index is 544. The van der Waals surface area contributed by atoms with E-state index in [0.717, 1.165) is 32.1 Å². The number of rotatable bonds is 27. The third kappa shape index (κ3) is 28.1. The summed E-state index contributed by atoms with van der Waals surface area (Å²) in [6, 6.07) is 0. The van der Waals surface area contributed by atoms with Crippen LogP contribution in [0.2, 0.25) is 0 Å². The molecule has 1 radical (unpaired) electrons. The van der Waals surface area contributed by atoms with Gasteiger partial charge in [0.05, 0.1) is 26.4 Å². The first kappa shape index (κ1) is 33.0.